The highest BCUT2D eigenvalue weighted by atomic mass is 35.5. The van der Waals surface area contributed by atoms with Crippen LogP contribution in [0.15, 0.2) is 22.9 Å². The van der Waals surface area contributed by atoms with Crippen molar-refractivity contribution < 1.29 is 18.4 Å². The van der Waals surface area contributed by atoms with Crippen LogP contribution in [0, 0.1) is 0 Å². The largest absolute Gasteiger partial charge is 0.417 e. The van der Waals surface area contributed by atoms with Gasteiger partial charge in [0.25, 0.3) is 0 Å². The van der Waals surface area contributed by atoms with Gasteiger partial charge in [0.2, 0.25) is 0 Å². The van der Waals surface area contributed by atoms with E-state index in [2.05, 4.69) is 0 Å². The molecule has 0 aromatic carbocycles. The van der Waals surface area contributed by atoms with Crippen molar-refractivity contribution in [2.24, 2.45) is 0 Å². The summed E-state index contributed by atoms with van der Waals surface area (Å²) in [7, 11) is 0. The molecule has 6 heteroatoms. The van der Waals surface area contributed by atoms with Gasteiger partial charge in [0.15, 0.2) is 0 Å². The fourth-order valence-electron chi connectivity index (χ4n) is 0.779. The fraction of sp³-hybridized carbons (Fsp3) is 0.333. The van der Waals surface area contributed by atoms with Gasteiger partial charge in [-0.25, -0.2) is 0 Å². The third kappa shape index (κ3) is 1.92. The Balaban J connectivity index is 2.92. The maximum atomic E-state index is 12.0. The van der Waals surface area contributed by atoms with Crippen LogP contribution >= 0.6 is 11.6 Å². The Kier molecular flexibility index (Phi) is 2.34. The number of nitrogens with zero attached hydrogens (tertiary/aromatic N) is 1. The first-order chi connectivity index (χ1) is 5.41. The molecule has 2 nitrogen and oxygen atoms in total. The van der Waals surface area contributed by atoms with Gasteiger partial charge in [-0.3, -0.25) is 10.3 Å². The number of hydroxylamine groups is 2. The molecule has 0 saturated carbocycles. The Hall–Kier alpha value is -0.680. The molecular formula is C6H5ClF3NO. The van der Waals surface area contributed by atoms with E-state index >= 15 is 0 Å². The number of halogens is 4. The summed E-state index contributed by atoms with van der Waals surface area (Å²) < 4.78 is 36.1. The third-order valence-corrected chi connectivity index (χ3v) is 1.63. The van der Waals surface area contributed by atoms with Crippen molar-refractivity contribution in [2.45, 2.75) is 6.18 Å². The Morgan fingerprint density at radius 1 is 1.50 bits per heavy atom. The van der Waals surface area contributed by atoms with Gasteiger partial charge in [-0.1, -0.05) is 11.6 Å². The van der Waals surface area contributed by atoms with Crippen molar-refractivity contribution in [1.29, 1.82) is 0 Å². The summed E-state index contributed by atoms with van der Waals surface area (Å²) in [4.78, 5) is 0. The molecule has 0 unspecified atom stereocenters. The molecule has 1 aliphatic rings. The Morgan fingerprint density at radius 3 is 2.50 bits per heavy atom. The summed E-state index contributed by atoms with van der Waals surface area (Å²) in [6.07, 6.45) is -2.81. The van der Waals surface area contributed by atoms with Gasteiger partial charge in [-0.15, -0.1) is 0 Å². The van der Waals surface area contributed by atoms with Gasteiger partial charge in [-0.2, -0.15) is 13.2 Å². The van der Waals surface area contributed by atoms with Gasteiger partial charge in [-0.05, 0) is 6.08 Å². The van der Waals surface area contributed by atoms with E-state index < -0.39 is 16.8 Å². The molecule has 0 aromatic heterocycles. The van der Waals surface area contributed by atoms with Crippen LogP contribution in [0.2, 0.25) is 0 Å². The topological polar surface area (TPSA) is 23.5 Å². The lowest BCUT2D eigenvalue weighted by Gasteiger charge is -2.19. The van der Waals surface area contributed by atoms with E-state index in [0.29, 0.717) is 5.06 Å². The highest BCUT2D eigenvalue weighted by Gasteiger charge is 2.35. The molecule has 0 aromatic rings. The van der Waals surface area contributed by atoms with Crippen LogP contribution in [0.1, 0.15) is 0 Å². The van der Waals surface area contributed by atoms with E-state index in [-0.39, 0.29) is 6.54 Å². The third-order valence-electron chi connectivity index (χ3n) is 1.31. The zero-order valence-electron chi connectivity index (χ0n) is 5.77. The second-order valence-electron chi connectivity index (χ2n) is 2.23. The molecule has 68 valence electrons. The number of rotatable bonds is 0. The van der Waals surface area contributed by atoms with Crippen LogP contribution in [-0.2, 0) is 0 Å². The summed E-state index contributed by atoms with van der Waals surface area (Å²) >= 11 is 5.27. The van der Waals surface area contributed by atoms with Gasteiger partial charge < -0.3 is 0 Å². The summed E-state index contributed by atoms with van der Waals surface area (Å²) in [6.45, 7) is -0.326. The number of alkyl halides is 3. The van der Waals surface area contributed by atoms with Gasteiger partial charge >= 0.3 is 6.18 Å². The number of hydrogen-bond acceptors (Lipinski definition) is 2. The van der Waals surface area contributed by atoms with Crippen molar-refractivity contribution in [3.05, 3.63) is 22.9 Å². The average Bonchev–Trinajstić information content (AvgIpc) is 1.83. The molecule has 0 radical (unpaired) electrons. The number of allylic oxidation sites excluding steroid dienone is 2. The molecule has 0 atom stereocenters. The van der Waals surface area contributed by atoms with E-state index in [1.165, 1.54) is 0 Å². The molecule has 0 amide bonds. The Morgan fingerprint density at radius 2 is 2.08 bits per heavy atom. The first-order valence-corrected chi connectivity index (χ1v) is 3.38. The van der Waals surface area contributed by atoms with Gasteiger partial charge in [0.05, 0.1) is 17.2 Å². The summed E-state index contributed by atoms with van der Waals surface area (Å²) in [5.41, 5.74) is -0.908. The van der Waals surface area contributed by atoms with Crippen LogP contribution in [0.4, 0.5) is 13.2 Å². The lowest BCUT2D eigenvalue weighted by atomic mass is 10.2. The smallest absolute Gasteiger partial charge is 0.289 e. The molecule has 12 heavy (non-hydrogen) atoms. The molecular weight excluding hydrogens is 195 g/mol. The first-order valence-electron chi connectivity index (χ1n) is 3.01. The van der Waals surface area contributed by atoms with Crippen LogP contribution in [0.5, 0.6) is 0 Å². The Labute approximate surface area is 71.5 Å². The standard InChI is InChI=1S/C6H5ClF3NO/c7-5-3-11(12)2-1-4(5)6(8,9)10/h1-2,12H,3H2. The van der Waals surface area contributed by atoms with Crippen molar-refractivity contribution in [1.82, 2.24) is 5.06 Å². The number of hydrogen-bond donors (Lipinski definition) is 1. The van der Waals surface area contributed by atoms with Crippen LogP contribution in [0.3, 0.4) is 0 Å². The summed E-state index contributed by atoms with van der Waals surface area (Å²) in [5, 5.41) is 8.89. The van der Waals surface area contributed by atoms with E-state index in [1.807, 2.05) is 0 Å². The predicted molar refractivity (Wildman–Crippen MR) is 36.6 cm³/mol. The highest BCUT2D eigenvalue weighted by molar-refractivity contribution is 6.30. The van der Waals surface area contributed by atoms with Gasteiger partial charge in [0.1, 0.15) is 0 Å². The van der Waals surface area contributed by atoms with Crippen LogP contribution in [-0.4, -0.2) is 23.0 Å². The maximum Gasteiger partial charge on any atom is 0.417 e. The molecule has 1 N–H and O–H groups in total. The van der Waals surface area contributed by atoms with E-state index in [9.17, 15) is 13.2 Å². The monoisotopic (exact) mass is 199 g/mol. The summed E-state index contributed by atoms with van der Waals surface area (Å²) in [6, 6.07) is 0. The first kappa shape index (κ1) is 9.41. The quantitative estimate of drug-likeness (QED) is 0.647. The lowest BCUT2D eigenvalue weighted by Crippen LogP contribution is -2.23. The molecule has 1 rings (SSSR count). The van der Waals surface area contributed by atoms with Crippen molar-refractivity contribution in [2.75, 3.05) is 6.54 Å². The van der Waals surface area contributed by atoms with E-state index in [1.54, 1.807) is 0 Å². The van der Waals surface area contributed by atoms with Crippen LogP contribution in [0.25, 0.3) is 0 Å². The summed E-state index contributed by atoms with van der Waals surface area (Å²) in [5.74, 6) is 0. The zero-order chi connectivity index (χ0) is 9.35. The molecule has 1 heterocycles. The lowest BCUT2D eigenvalue weighted by molar-refractivity contribution is -0.0920. The van der Waals surface area contributed by atoms with Crippen LogP contribution < -0.4 is 0 Å². The highest BCUT2D eigenvalue weighted by Crippen LogP contribution is 2.32. The maximum absolute atomic E-state index is 12.0. The zero-order valence-corrected chi connectivity index (χ0v) is 6.52. The molecule has 1 aliphatic heterocycles. The van der Waals surface area contributed by atoms with E-state index in [0.717, 1.165) is 12.3 Å². The minimum atomic E-state index is -4.45. The normalized spacial score (nSPS) is 18.9. The molecule has 0 aliphatic carbocycles. The molecule has 0 bridgehead atoms. The molecule has 0 saturated heterocycles. The minimum absolute atomic E-state index is 0.326. The second kappa shape index (κ2) is 2.99. The average molecular weight is 200 g/mol. The SMILES string of the molecule is ON1C=CC(C(F)(F)F)=C(Cl)C1. The van der Waals surface area contributed by atoms with Crippen molar-refractivity contribution in [3.8, 4) is 0 Å². The fourth-order valence-corrected chi connectivity index (χ4v) is 1.07. The predicted octanol–water partition coefficient (Wildman–Crippen LogP) is 2.26. The van der Waals surface area contributed by atoms with Crippen molar-refractivity contribution >= 4 is 11.6 Å². The molecule has 0 fully saturated rings. The van der Waals surface area contributed by atoms with Gasteiger partial charge in [0, 0.05) is 6.20 Å². The van der Waals surface area contributed by atoms with Crippen molar-refractivity contribution in [3.63, 3.8) is 0 Å². The molecule has 0 spiro atoms. The second-order valence-corrected chi connectivity index (χ2v) is 2.69. The minimum Gasteiger partial charge on any atom is -0.289 e. The Bertz CT molecular complexity index is 246. The van der Waals surface area contributed by atoms with E-state index in [4.69, 9.17) is 16.8 Å².